The highest BCUT2D eigenvalue weighted by Crippen LogP contribution is 2.11. The lowest BCUT2D eigenvalue weighted by Crippen LogP contribution is -2.36. The summed E-state index contributed by atoms with van der Waals surface area (Å²) in [6.07, 6.45) is 6.74. The van der Waals surface area contributed by atoms with Crippen molar-refractivity contribution in [2.75, 3.05) is 13.6 Å². The smallest absolute Gasteiger partial charge is 0.243 e. The summed E-state index contributed by atoms with van der Waals surface area (Å²) in [4.78, 5) is 13.7. The molecule has 0 bridgehead atoms. The number of rotatable bonds is 6. The van der Waals surface area contributed by atoms with E-state index in [1.165, 1.54) is 0 Å². The number of unbranched alkanes of at least 4 members (excludes halogenated alkanes) is 2. The van der Waals surface area contributed by atoms with Gasteiger partial charge in [-0.15, -0.1) is 0 Å². The molecule has 0 radical (unpaired) electrons. The third-order valence-electron chi connectivity index (χ3n) is 2.82. The molecular formula is C12H22N4O. The number of aromatic nitrogens is 2. The lowest BCUT2D eigenvalue weighted by molar-refractivity contribution is -0.131. The van der Waals surface area contributed by atoms with E-state index in [1.807, 2.05) is 7.05 Å². The van der Waals surface area contributed by atoms with Gasteiger partial charge in [0.05, 0.1) is 6.20 Å². The van der Waals surface area contributed by atoms with Gasteiger partial charge in [-0.25, -0.2) is 0 Å². The van der Waals surface area contributed by atoms with Crippen molar-refractivity contribution in [1.29, 1.82) is 0 Å². The number of nitrogens with two attached hydrogens (primary N) is 1. The van der Waals surface area contributed by atoms with Crippen LogP contribution in [0.3, 0.4) is 0 Å². The average molecular weight is 238 g/mol. The Labute approximate surface area is 103 Å². The van der Waals surface area contributed by atoms with Crippen molar-refractivity contribution < 1.29 is 4.79 Å². The Morgan fingerprint density at radius 3 is 2.82 bits per heavy atom. The zero-order chi connectivity index (χ0) is 12.8. The first-order valence-electron chi connectivity index (χ1n) is 6.05. The zero-order valence-corrected chi connectivity index (χ0v) is 10.9. The first kappa shape index (κ1) is 13.7. The van der Waals surface area contributed by atoms with Crippen LogP contribution in [-0.2, 0) is 11.8 Å². The van der Waals surface area contributed by atoms with Crippen LogP contribution in [0.2, 0.25) is 0 Å². The van der Waals surface area contributed by atoms with Crippen LogP contribution in [0.5, 0.6) is 0 Å². The molecule has 0 aliphatic rings. The van der Waals surface area contributed by atoms with Gasteiger partial charge in [0, 0.05) is 32.4 Å². The second kappa shape index (κ2) is 6.39. The van der Waals surface area contributed by atoms with Gasteiger partial charge in [-0.2, -0.15) is 5.10 Å². The maximum atomic E-state index is 12.0. The monoisotopic (exact) mass is 238 g/mol. The molecule has 5 heteroatoms. The minimum Gasteiger partial charge on any atom is -0.344 e. The Balaban J connectivity index is 2.51. The van der Waals surface area contributed by atoms with E-state index >= 15 is 0 Å². The Kier molecular flexibility index (Phi) is 5.15. The number of aryl methyl sites for hydroxylation is 1. The Morgan fingerprint density at radius 1 is 1.59 bits per heavy atom. The lowest BCUT2D eigenvalue weighted by Gasteiger charge is -2.20. The highest BCUT2D eigenvalue weighted by molar-refractivity contribution is 5.82. The predicted molar refractivity (Wildman–Crippen MR) is 67.3 cm³/mol. The van der Waals surface area contributed by atoms with Crippen LogP contribution in [0.25, 0.3) is 0 Å². The molecule has 0 aliphatic carbocycles. The molecule has 1 amide bonds. The number of nitrogens with zero attached hydrogens (tertiary/aromatic N) is 3. The molecule has 0 fully saturated rings. The predicted octanol–water partition coefficient (Wildman–Crippen LogP) is 1.07. The minimum atomic E-state index is -0.602. The van der Waals surface area contributed by atoms with Crippen molar-refractivity contribution in [3.8, 4) is 0 Å². The summed E-state index contributed by atoms with van der Waals surface area (Å²) >= 11 is 0. The quantitative estimate of drug-likeness (QED) is 0.754. The van der Waals surface area contributed by atoms with E-state index in [4.69, 9.17) is 5.73 Å². The van der Waals surface area contributed by atoms with Crippen LogP contribution >= 0.6 is 0 Å². The second-order valence-corrected chi connectivity index (χ2v) is 4.39. The molecule has 0 aliphatic heterocycles. The van der Waals surface area contributed by atoms with Gasteiger partial charge in [0.2, 0.25) is 5.91 Å². The normalized spacial score (nSPS) is 12.5. The molecule has 0 saturated carbocycles. The van der Waals surface area contributed by atoms with Crippen molar-refractivity contribution in [1.82, 2.24) is 14.7 Å². The number of carbonyl (C=O) groups excluding carboxylic acids is 1. The minimum absolute atomic E-state index is 0.0471. The van der Waals surface area contributed by atoms with Crippen molar-refractivity contribution in [2.45, 2.75) is 32.2 Å². The molecule has 5 nitrogen and oxygen atoms in total. The lowest BCUT2D eigenvalue weighted by atomic mass is 10.1. The van der Waals surface area contributed by atoms with Gasteiger partial charge in [-0.1, -0.05) is 19.8 Å². The summed E-state index contributed by atoms with van der Waals surface area (Å²) in [7, 11) is 3.61. The Bertz CT molecular complexity index is 361. The fourth-order valence-corrected chi connectivity index (χ4v) is 1.69. The molecule has 1 atom stereocenters. The van der Waals surface area contributed by atoms with Gasteiger partial charge in [-0.05, 0) is 6.42 Å². The maximum absolute atomic E-state index is 12.0. The van der Waals surface area contributed by atoms with E-state index < -0.39 is 6.04 Å². The summed E-state index contributed by atoms with van der Waals surface area (Å²) in [5, 5.41) is 4.02. The molecule has 1 unspecified atom stereocenters. The van der Waals surface area contributed by atoms with Gasteiger partial charge < -0.3 is 10.6 Å². The van der Waals surface area contributed by atoms with Crippen molar-refractivity contribution >= 4 is 5.91 Å². The molecule has 0 aromatic carbocycles. The molecule has 1 aromatic heterocycles. The van der Waals surface area contributed by atoms with Crippen molar-refractivity contribution in [2.24, 2.45) is 12.8 Å². The number of hydrogen-bond acceptors (Lipinski definition) is 3. The van der Waals surface area contributed by atoms with Crippen LogP contribution in [0.15, 0.2) is 12.4 Å². The van der Waals surface area contributed by atoms with Gasteiger partial charge in [0.25, 0.3) is 0 Å². The van der Waals surface area contributed by atoms with Crippen LogP contribution in [0, 0.1) is 0 Å². The van der Waals surface area contributed by atoms with Gasteiger partial charge >= 0.3 is 0 Å². The summed E-state index contributed by atoms with van der Waals surface area (Å²) in [6, 6.07) is -0.602. The zero-order valence-electron chi connectivity index (χ0n) is 10.9. The first-order valence-corrected chi connectivity index (χ1v) is 6.05. The van der Waals surface area contributed by atoms with E-state index in [2.05, 4.69) is 12.0 Å². The second-order valence-electron chi connectivity index (χ2n) is 4.39. The third kappa shape index (κ3) is 3.85. The summed E-state index contributed by atoms with van der Waals surface area (Å²) in [6.45, 7) is 2.91. The fraction of sp³-hybridized carbons (Fsp3) is 0.667. The molecule has 1 rings (SSSR count). The van der Waals surface area contributed by atoms with Crippen molar-refractivity contribution in [3.05, 3.63) is 18.0 Å². The van der Waals surface area contributed by atoms with Gasteiger partial charge in [0.1, 0.15) is 6.04 Å². The SMILES string of the molecule is CCCCCN(C)C(=O)C(N)c1cnn(C)c1. The van der Waals surface area contributed by atoms with E-state index in [1.54, 1.807) is 29.0 Å². The van der Waals surface area contributed by atoms with Crippen LogP contribution in [-0.4, -0.2) is 34.2 Å². The van der Waals surface area contributed by atoms with E-state index in [0.29, 0.717) is 0 Å². The molecule has 1 aromatic rings. The molecular weight excluding hydrogens is 216 g/mol. The van der Waals surface area contributed by atoms with Crippen LogP contribution in [0.4, 0.5) is 0 Å². The number of hydrogen-bond donors (Lipinski definition) is 1. The molecule has 17 heavy (non-hydrogen) atoms. The van der Waals surface area contributed by atoms with E-state index in [-0.39, 0.29) is 5.91 Å². The Hall–Kier alpha value is -1.36. The summed E-state index contributed by atoms with van der Waals surface area (Å²) in [5.74, 6) is -0.0471. The molecule has 0 saturated heterocycles. The summed E-state index contributed by atoms with van der Waals surface area (Å²) < 4.78 is 1.65. The van der Waals surface area contributed by atoms with Gasteiger partial charge in [-0.3, -0.25) is 9.48 Å². The van der Waals surface area contributed by atoms with Crippen LogP contribution in [0.1, 0.15) is 37.8 Å². The average Bonchev–Trinajstić information content (AvgIpc) is 2.74. The molecule has 2 N–H and O–H groups in total. The van der Waals surface area contributed by atoms with E-state index in [0.717, 1.165) is 31.4 Å². The highest BCUT2D eigenvalue weighted by atomic mass is 16.2. The van der Waals surface area contributed by atoms with Gasteiger partial charge in [0.15, 0.2) is 0 Å². The van der Waals surface area contributed by atoms with Crippen LogP contribution < -0.4 is 5.73 Å². The number of likely N-dealkylation sites (N-methyl/N-ethyl adjacent to an activating group) is 1. The highest BCUT2D eigenvalue weighted by Gasteiger charge is 2.20. The van der Waals surface area contributed by atoms with Crippen molar-refractivity contribution in [3.63, 3.8) is 0 Å². The number of amides is 1. The standard InChI is InChI=1S/C12H22N4O/c1-4-5-6-7-15(2)12(17)11(13)10-8-14-16(3)9-10/h8-9,11H,4-7,13H2,1-3H3. The molecule has 96 valence electrons. The molecule has 1 heterocycles. The third-order valence-corrected chi connectivity index (χ3v) is 2.82. The number of carbonyl (C=O) groups is 1. The fourth-order valence-electron chi connectivity index (χ4n) is 1.69. The Morgan fingerprint density at radius 2 is 2.29 bits per heavy atom. The first-order chi connectivity index (χ1) is 8.06. The summed E-state index contributed by atoms with van der Waals surface area (Å²) in [5.41, 5.74) is 6.68. The molecule has 0 spiro atoms. The largest absolute Gasteiger partial charge is 0.344 e. The topological polar surface area (TPSA) is 64.2 Å². The van der Waals surface area contributed by atoms with E-state index in [9.17, 15) is 4.79 Å². The maximum Gasteiger partial charge on any atom is 0.243 e.